The number of hydrogen-bond acceptors (Lipinski definition) is 1. The van der Waals surface area contributed by atoms with Gasteiger partial charge in [-0.15, -0.1) is 0 Å². The molecular formula is CH3O4. The fourth-order valence-corrected chi connectivity index (χ4v) is 0. The largest absolute Gasteiger partial charge is 0.503 e. The molecule has 0 fully saturated rings. The highest BCUT2D eigenvalue weighted by Crippen LogP contribution is 1.42. The van der Waals surface area contributed by atoms with Crippen LogP contribution in [0.25, 0.3) is 0 Å². The van der Waals surface area contributed by atoms with Crippen LogP contribution in [0.4, 0.5) is 4.79 Å². The molecular weight excluding hydrogens is 76.0 g/mol. The van der Waals surface area contributed by atoms with Gasteiger partial charge in [-0.25, -0.2) is 4.79 Å². The Morgan fingerprint density at radius 1 is 1.40 bits per heavy atom. The molecule has 0 bridgehead atoms. The monoisotopic (exact) mass is 79.0 g/mol. The van der Waals surface area contributed by atoms with Crippen LogP contribution in [0.5, 0.6) is 0 Å². The van der Waals surface area contributed by atoms with Crippen molar-refractivity contribution in [1.82, 2.24) is 0 Å². The summed E-state index contributed by atoms with van der Waals surface area (Å²) in [7, 11) is 0. The van der Waals surface area contributed by atoms with Gasteiger partial charge in [-0.3, -0.25) is 5.48 Å². The first-order valence-corrected chi connectivity index (χ1v) is 0.651. The second-order valence-corrected chi connectivity index (χ2v) is 0.283. The van der Waals surface area contributed by atoms with Crippen molar-refractivity contribution in [3.63, 3.8) is 0 Å². The van der Waals surface area contributed by atoms with E-state index in [0.29, 0.717) is 0 Å². The zero-order valence-corrected chi connectivity index (χ0v) is 2.25. The van der Waals surface area contributed by atoms with E-state index in [1.807, 2.05) is 0 Å². The summed E-state index contributed by atoms with van der Waals surface area (Å²) < 4.78 is 0. The van der Waals surface area contributed by atoms with Crippen LogP contribution < -0.4 is 0 Å². The molecule has 5 heavy (non-hydrogen) atoms. The molecule has 1 radical (unpaired) electrons. The zero-order valence-electron chi connectivity index (χ0n) is 2.25. The maximum atomic E-state index is 8.56. The van der Waals surface area contributed by atoms with E-state index >= 15 is 0 Å². The van der Waals surface area contributed by atoms with Crippen LogP contribution in [0.3, 0.4) is 0 Å². The van der Waals surface area contributed by atoms with Gasteiger partial charge in [-0.05, 0) is 0 Å². The SMILES string of the molecule is O=C(O)O.[OH]. The first kappa shape index (κ1) is 8.87. The van der Waals surface area contributed by atoms with Crippen LogP contribution in [0, 0.1) is 0 Å². The Morgan fingerprint density at radius 2 is 1.40 bits per heavy atom. The fourth-order valence-electron chi connectivity index (χ4n) is 0. The highest BCUT2D eigenvalue weighted by molar-refractivity contribution is 5.53. The smallest absolute Gasteiger partial charge is 0.450 e. The Kier molecular flexibility index (Phi) is 5.73. The average Bonchev–Trinajstić information content (AvgIpc) is 0.811. The van der Waals surface area contributed by atoms with Crippen molar-refractivity contribution in [2.45, 2.75) is 0 Å². The van der Waals surface area contributed by atoms with Gasteiger partial charge in [0.15, 0.2) is 0 Å². The van der Waals surface area contributed by atoms with E-state index in [0.717, 1.165) is 0 Å². The topological polar surface area (TPSA) is 87.5 Å². The molecule has 31 valence electrons. The van der Waals surface area contributed by atoms with Crippen molar-refractivity contribution in [1.29, 1.82) is 0 Å². The molecule has 0 aliphatic heterocycles. The molecule has 0 aromatic heterocycles. The summed E-state index contributed by atoms with van der Waals surface area (Å²) in [4.78, 5) is 8.56. The van der Waals surface area contributed by atoms with Crippen molar-refractivity contribution >= 4 is 6.16 Å². The summed E-state index contributed by atoms with van der Waals surface area (Å²) in [6.07, 6.45) is -1.83. The molecule has 0 unspecified atom stereocenters. The average molecular weight is 79.0 g/mol. The molecule has 0 rings (SSSR count). The van der Waals surface area contributed by atoms with E-state index in [2.05, 4.69) is 0 Å². The van der Waals surface area contributed by atoms with Gasteiger partial charge in [-0.2, -0.15) is 0 Å². The van der Waals surface area contributed by atoms with Gasteiger partial charge in [0.1, 0.15) is 0 Å². The van der Waals surface area contributed by atoms with E-state index < -0.39 is 6.16 Å². The van der Waals surface area contributed by atoms with Crippen molar-refractivity contribution in [3.05, 3.63) is 0 Å². The summed E-state index contributed by atoms with van der Waals surface area (Å²) in [5.74, 6) is 0. The Bertz CT molecular complexity index is 26.6. The number of carbonyl (C=O) groups is 1. The number of carboxylic acid groups (broad SMARTS) is 2. The highest BCUT2D eigenvalue weighted by atomic mass is 16.6. The highest BCUT2D eigenvalue weighted by Gasteiger charge is 1.70. The lowest BCUT2D eigenvalue weighted by atomic mass is 11.5. The molecule has 0 amide bonds. The minimum Gasteiger partial charge on any atom is -0.450 e. The normalized spacial score (nSPS) is 4.80. The summed E-state index contributed by atoms with van der Waals surface area (Å²) in [6.45, 7) is 0. The van der Waals surface area contributed by atoms with Gasteiger partial charge >= 0.3 is 6.16 Å². The maximum Gasteiger partial charge on any atom is 0.503 e. The zero-order chi connectivity index (χ0) is 3.58. The molecule has 0 saturated heterocycles. The first-order chi connectivity index (χ1) is 1.73. The predicted molar refractivity (Wildman–Crippen MR) is 12.6 cm³/mol. The quantitative estimate of drug-likeness (QED) is 0.383. The molecule has 0 aliphatic rings. The number of rotatable bonds is 0. The standard InChI is InChI=1S/CH2O3.HO/c2-1(3)4;/h(H2,2,3,4);1H. The summed E-state index contributed by atoms with van der Waals surface area (Å²) in [5, 5.41) is 13.9. The number of hydrogen-bond donors (Lipinski definition) is 3. The van der Waals surface area contributed by atoms with Gasteiger partial charge in [-0.1, -0.05) is 0 Å². The van der Waals surface area contributed by atoms with Crippen LogP contribution in [0.2, 0.25) is 0 Å². The van der Waals surface area contributed by atoms with E-state index in [1.165, 1.54) is 0 Å². The first-order valence-electron chi connectivity index (χ1n) is 0.651. The molecule has 0 spiro atoms. The lowest BCUT2D eigenvalue weighted by Gasteiger charge is -1.60. The third-order valence-corrected chi connectivity index (χ3v) is 0. The van der Waals surface area contributed by atoms with Crippen LogP contribution in [-0.2, 0) is 0 Å². The Labute approximate surface area is 28.0 Å². The molecule has 0 heterocycles. The van der Waals surface area contributed by atoms with Crippen molar-refractivity contribution < 1.29 is 20.5 Å². The van der Waals surface area contributed by atoms with Gasteiger partial charge in [0, 0.05) is 0 Å². The summed E-state index contributed by atoms with van der Waals surface area (Å²) in [6, 6.07) is 0. The second kappa shape index (κ2) is 3.23. The molecule has 0 saturated carbocycles. The van der Waals surface area contributed by atoms with Crippen molar-refractivity contribution in [2.75, 3.05) is 0 Å². The molecule has 4 heteroatoms. The van der Waals surface area contributed by atoms with Gasteiger partial charge in [0.2, 0.25) is 0 Å². The van der Waals surface area contributed by atoms with E-state index in [4.69, 9.17) is 15.0 Å². The van der Waals surface area contributed by atoms with Crippen LogP contribution in [-0.4, -0.2) is 21.8 Å². The minimum atomic E-state index is -1.83. The lowest BCUT2D eigenvalue weighted by molar-refractivity contribution is 0.137. The molecule has 0 aliphatic carbocycles. The van der Waals surface area contributed by atoms with Gasteiger partial charge in [0.05, 0.1) is 0 Å². The van der Waals surface area contributed by atoms with E-state index in [9.17, 15) is 0 Å². The van der Waals surface area contributed by atoms with Crippen LogP contribution in [0.15, 0.2) is 0 Å². The van der Waals surface area contributed by atoms with Gasteiger partial charge < -0.3 is 10.2 Å². The second-order valence-electron chi connectivity index (χ2n) is 0.283. The third-order valence-electron chi connectivity index (χ3n) is 0. The minimum absolute atomic E-state index is 0. The summed E-state index contributed by atoms with van der Waals surface area (Å²) in [5.41, 5.74) is 0. The van der Waals surface area contributed by atoms with E-state index in [1.54, 1.807) is 0 Å². The van der Waals surface area contributed by atoms with Gasteiger partial charge in [0.25, 0.3) is 0 Å². The summed E-state index contributed by atoms with van der Waals surface area (Å²) >= 11 is 0. The lowest BCUT2D eigenvalue weighted by Crippen LogP contribution is -1.81. The molecule has 0 aromatic rings. The van der Waals surface area contributed by atoms with Crippen molar-refractivity contribution in [2.24, 2.45) is 0 Å². The maximum absolute atomic E-state index is 8.56. The van der Waals surface area contributed by atoms with Crippen LogP contribution >= 0.6 is 0 Å². The van der Waals surface area contributed by atoms with Crippen molar-refractivity contribution in [3.8, 4) is 0 Å². The van der Waals surface area contributed by atoms with E-state index in [-0.39, 0.29) is 5.48 Å². The molecule has 4 nitrogen and oxygen atoms in total. The Morgan fingerprint density at radius 3 is 1.40 bits per heavy atom. The third kappa shape index (κ3) is 8.24. The molecule has 0 atom stereocenters. The van der Waals surface area contributed by atoms with Crippen LogP contribution in [0.1, 0.15) is 0 Å². The fraction of sp³-hybridized carbons (Fsp3) is 0. The Balaban J connectivity index is 0. The Hall–Kier alpha value is -0.770. The molecule has 3 N–H and O–H groups in total. The predicted octanol–water partition coefficient (Wildman–Crippen LogP) is 0.0456. The molecule has 0 aromatic carbocycles.